The molecule has 0 radical (unpaired) electrons. The predicted octanol–water partition coefficient (Wildman–Crippen LogP) is 2.96. The van der Waals surface area contributed by atoms with Gasteiger partial charge >= 0.3 is 34.0 Å². The first-order valence-electron chi connectivity index (χ1n) is 46.1. The third kappa shape index (κ3) is 23.8. The molecular weight excluding hydrogens is 2030 g/mol. The largest absolute Gasteiger partial charge is 0.501 e. The van der Waals surface area contributed by atoms with E-state index in [1.54, 1.807) is 30.3 Å². The van der Waals surface area contributed by atoms with Gasteiger partial charge in [0.05, 0.1) is 106 Å². The number of hydrogen-bond donors (Lipinski definition) is 15. The summed E-state index contributed by atoms with van der Waals surface area (Å²) in [5.41, 5.74) is 9.46. The number of quaternary nitrogens is 1. The van der Waals surface area contributed by atoms with Crippen LogP contribution in [0.4, 0.5) is 32.3 Å². The summed E-state index contributed by atoms with van der Waals surface area (Å²) in [7, 11) is 1.06. The lowest BCUT2D eigenvalue weighted by Gasteiger charge is -2.39. The van der Waals surface area contributed by atoms with Crippen molar-refractivity contribution in [2.24, 2.45) is 5.11 Å². The third-order valence-corrected chi connectivity index (χ3v) is 28.4. The molecule has 9 aromatic rings. The van der Waals surface area contributed by atoms with E-state index in [1.165, 1.54) is 101 Å². The summed E-state index contributed by atoms with van der Waals surface area (Å²) in [5.74, 6) is -4.98. The number of methoxy groups -OCH3 is 2. The highest BCUT2D eigenvalue weighted by molar-refractivity contribution is 7.82. The fourth-order valence-electron chi connectivity index (χ4n) is 18.1. The molecular formula is C95H104N11O40S3+. The van der Waals surface area contributed by atoms with Crippen LogP contribution in [-0.4, -0.2) is 325 Å². The van der Waals surface area contributed by atoms with Crippen molar-refractivity contribution in [3.8, 4) is 51.7 Å². The number of carbonyl (C=O) groups excluding carboxylic acids is 5. The van der Waals surface area contributed by atoms with E-state index in [9.17, 15) is 105 Å². The first-order chi connectivity index (χ1) is 71.3. The molecule has 2 unspecified atom stereocenters. The van der Waals surface area contributed by atoms with Gasteiger partial charge in [0.15, 0.2) is 58.5 Å². The van der Waals surface area contributed by atoms with Crippen molar-refractivity contribution in [3.05, 3.63) is 246 Å². The van der Waals surface area contributed by atoms with Crippen LogP contribution in [-0.2, 0) is 104 Å². The van der Waals surface area contributed by atoms with Crippen molar-refractivity contribution in [3.63, 3.8) is 0 Å². The van der Waals surface area contributed by atoms with E-state index in [2.05, 4.69) is 15.3 Å². The molecule has 3 fully saturated rings. The lowest BCUT2D eigenvalue weighted by molar-refractivity contribution is -0.916. The van der Waals surface area contributed by atoms with Crippen LogP contribution in [0.5, 0.6) is 51.7 Å². The van der Waals surface area contributed by atoms with Crippen molar-refractivity contribution >= 4 is 85.7 Å². The number of carbonyl (C=O) groups is 5. The van der Waals surface area contributed by atoms with Crippen molar-refractivity contribution in [2.75, 3.05) is 84.2 Å². The Morgan fingerprint density at radius 1 is 0.503 bits per heavy atom. The normalized spacial score (nSPS) is 24.5. The number of thiophene rings is 2. The van der Waals surface area contributed by atoms with Crippen LogP contribution in [0, 0.1) is 20.2 Å². The first kappa shape index (κ1) is 108. The van der Waals surface area contributed by atoms with Gasteiger partial charge in [0, 0.05) is 94.6 Å². The molecule has 3 saturated heterocycles. The van der Waals surface area contributed by atoms with Crippen LogP contribution < -0.4 is 56.6 Å². The van der Waals surface area contributed by atoms with Crippen molar-refractivity contribution in [2.45, 2.75) is 182 Å². The Bertz CT molecular complexity index is 6340. The molecule has 149 heavy (non-hydrogen) atoms. The fourth-order valence-corrected chi connectivity index (χ4v) is 20.8. The summed E-state index contributed by atoms with van der Waals surface area (Å²) in [5, 5.41) is 185. The van der Waals surface area contributed by atoms with E-state index in [0.717, 1.165) is 67.1 Å². The number of amides is 5. The number of aliphatic hydroxyl groups is 14. The number of rotatable bonds is 38. The molecule has 54 heteroatoms. The van der Waals surface area contributed by atoms with Gasteiger partial charge < -0.3 is 161 Å². The lowest BCUT2D eigenvalue weighted by Crippen LogP contribution is -2.60. The smallest absolute Gasteiger partial charge is 0.493 e. The maximum absolute atomic E-state index is 15.3. The predicted molar refractivity (Wildman–Crippen MR) is 511 cm³/mol. The summed E-state index contributed by atoms with van der Waals surface area (Å²) in [6.45, 7) is -4.49. The summed E-state index contributed by atoms with van der Waals surface area (Å²) >= 11 is 2.72. The number of nitrogens with zero attached hydrogens (tertiary/aromatic N) is 10. The highest BCUT2D eigenvalue weighted by Crippen LogP contribution is 2.48. The Morgan fingerprint density at radius 2 is 0.933 bits per heavy atom. The van der Waals surface area contributed by atoms with Crippen LogP contribution >= 0.6 is 22.7 Å². The second kappa shape index (κ2) is 46.2. The van der Waals surface area contributed by atoms with Gasteiger partial charge in [0.2, 0.25) is 18.9 Å². The Hall–Kier alpha value is -13.6. The van der Waals surface area contributed by atoms with Crippen molar-refractivity contribution in [1.82, 2.24) is 15.1 Å². The van der Waals surface area contributed by atoms with Gasteiger partial charge in [0.25, 0.3) is 17.7 Å². The average molecular weight is 2140 g/mol. The summed E-state index contributed by atoms with van der Waals surface area (Å²) in [6, 6.07) is 27.4. The Morgan fingerprint density at radius 3 is 1.37 bits per heavy atom. The number of benzene rings is 7. The minimum atomic E-state index is -5.23. The molecule has 9 heterocycles. The third-order valence-electron chi connectivity index (χ3n) is 25.6. The fraction of sp³-hybridized carbons (Fsp3) is 0.421. The number of anilines is 2. The quantitative estimate of drug-likeness (QED) is 0.00503. The molecule has 5 amide bonds. The molecule has 7 aliphatic heterocycles. The molecule has 7 aliphatic rings. The van der Waals surface area contributed by atoms with Crippen molar-refractivity contribution in [1.29, 1.82) is 0 Å². The maximum atomic E-state index is 15.3. The molecule has 19 atom stereocenters. The zero-order chi connectivity index (χ0) is 106. The summed E-state index contributed by atoms with van der Waals surface area (Å²) in [6.07, 6.45) is -33.1. The Balaban J connectivity index is 0.703. The Kier molecular flexibility index (Phi) is 33.6. The van der Waals surface area contributed by atoms with Crippen molar-refractivity contribution < 1.29 is 188 Å². The highest BCUT2D eigenvalue weighted by atomic mass is 32.3. The van der Waals surface area contributed by atoms with Gasteiger partial charge in [-0.15, -0.1) is 31.1 Å². The summed E-state index contributed by atoms with van der Waals surface area (Å²) < 4.78 is 115. The van der Waals surface area contributed by atoms with E-state index >= 15 is 19.2 Å². The van der Waals surface area contributed by atoms with E-state index in [-0.39, 0.29) is 151 Å². The number of fused-ring (bicyclic) bond motifs is 6. The number of ether oxygens (including phenoxy) is 13. The molecule has 2 aromatic heterocycles. The van der Waals surface area contributed by atoms with E-state index in [1.807, 2.05) is 37.0 Å². The molecule has 0 spiro atoms. The molecule has 0 aliphatic carbocycles. The number of aliphatic hydroxyl groups excluding tert-OH is 14. The van der Waals surface area contributed by atoms with Gasteiger partial charge in [-0.1, -0.05) is 17.2 Å². The molecule has 0 saturated carbocycles. The zero-order valence-electron chi connectivity index (χ0n) is 79.4. The zero-order valence-corrected chi connectivity index (χ0v) is 81.9. The van der Waals surface area contributed by atoms with E-state index in [4.69, 9.17) is 75.5 Å². The minimum Gasteiger partial charge on any atom is -0.493 e. The van der Waals surface area contributed by atoms with Gasteiger partial charge in [-0.2, -0.15) is 0 Å². The summed E-state index contributed by atoms with van der Waals surface area (Å²) in [4.78, 5) is 107. The minimum absolute atomic E-state index is 0.0125. The number of nitrogens with one attached hydrogen (secondary N) is 1. The molecule has 51 nitrogen and oxygen atoms in total. The van der Waals surface area contributed by atoms with Gasteiger partial charge in [-0.3, -0.25) is 34.6 Å². The van der Waals surface area contributed by atoms with Crippen LogP contribution in [0.25, 0.3) is 10.4 Å². The van der Waals surface area contributed by atoms with E-state index < -0.39 is 234 Å². The number of azide groups is 1. The molecule has 16 rings (SSSR count). The van der Waals surface area contributed by atoms with Gasteiger partial charge in [0.1, 0.15) is 119 Å². The van der Waals surface area contributed by atoms with Gasteiger partial charge in [-0.05, 0) is 147 Å². The Labute approximate surface area is 853 Å². The van der Waals surface area contributed by atoms with Crippen LogP contribution in [0.15, 0.2) is 149 Å². The standard InChI is InChI=1S/C95H103N11O40S3/c1-106(2,37-46-5-10-55(11-6-46)145-149(130,131)146-71-28-52(86(119)97-17-19-134-20-18-98-99-96)9-14-66(71)141-93-85(118)82(115)79(112)74(41-109)144-93)38-49-23-50(44-135-69-31-58-56(29-67(69)132-3)87(120)100-35-53-15-21-147-75(53)33-62(100)89(122)102(58)94(124)137-42-47-7-12-64(60(26-47)104(126)127)139-91-83(116)80(113)77(110)72(39-107)142-91)25-51(24-49)45-136-70-32-59-57(30-68(70)133-4)88(121)101-36-54-16-22-148-76(54)34-63(101)90(123)103(59)95(125)138-43-48-8-13-65(61(27-48)105(128)129)140-92-84(117)81(114)78(111)73(40-108)143-92/h5-16,21-32,62-63,72-74,77-85,89-93,107-118,122-123H,17-20,33-45H2,1-4H3/p+1/t62-,63-,72+,73+,74+,77-,78-,79-,80-,81-,82-,83+,84+,85-,89?,90?,91+,92+,93+/m0/s1. The number of hydrogen-bond acceptors (Lipinski definition) is 43. The highest BCUT2D eigenvalue weighted by Gasteiger charge is 2.52. The topological polar surface area (TPSA) is 701 Å². The molecule has 15 N–H and O–H groups in total. The van der Waals surface area contributed by atoms with Gasteiger partial charge in [-0.25, -0.2) is 19.4 Å². The average Bonchev–Trinajstić information content (AvgIpc) is 1.60. The van der Waals surface area contributed by atoms with Crippen LogP contribution in [0.3, 0.4) is 0 Å². The van der Waals surface area contributed by atoms with Crippen LogP contribution in [0.1, 0.15) is 85.3 Å². The lowest BCUT2D eigenvalue weighted by atomic mass is 9.99. The number of nitro benzene ring substituents is 2. The first-order valence-corrected chi connectivity index (χ1v) is 49.2. The second-order valence-electron chi connectivity index (χ2n) is 36.1. The second-order valence-corrected chi connectivity index (χ2v) is 39.3. The number of nitro groups is 2. The maximum Gasteiger partial charge on any atom is 0.501 e. The van der Waals surface area contributed by atoms with Crippen LogP contribution in [0.2, 0.25) is 0 Å². The molecule has 0 bridgehead atoms. The monoisotopic (exact) mass is 2130 g/mol. The molecule has 7 aromatic carbocycles. The SMILES string of the molecule is COc1cc2c(cc1OCc1cc(COc3cc4c(cc3OC)C(=O)N3Cc5ccsc5C[C@H]3C(O)N4C(=O)OCc3ccc(O[C@@H]4O[C@H](CO)[C@H](O)[C@H](O)[C@H]4O)c([N+](=O)[O-])c3)cc(C[N+](C)(C)Cc3ccc(OS(=O)(=O)Oc4cc(C(=O)NCCOCCN=[N+]=[N-])ccc4O[C@@H]4O[C@H](CO)[C@H](O)[C@H](O)[C@@H]4O)cc3)c1)N(C(=O)OCc1ccc(O[C@@H]3O[C@H](CO)[C@H](O)[C@H](O)[C@H]3O)c([N+](=O)[O-])c1)C(O)[C@@H]1Cc3sccc3CN1C2=O. The van der Waals surface area contributed by atoms with E-state index in [0.29, 0.717) is 22.3 Å². The molecule has 796 valence electrons.